The maximum atomic E-state index is 11.5. The van der Waals surface area contributed by atoms with Gasteiger partial charge >= 0.3 is 0 Å². The summed E-state index contributed by atoms with van der Waals surface area (Å²) in [5.41, 5.74) is 0. The molecule has 0 aliphatic rings. The highest BCUT2D eigenvalue weighted by atomic mass is 32.2. The zero-order valence-electron chi connectivity index (χ0n) is 17.1. The van der Waals surface area contributed by atoms with Crippen molar-refractivity contribution >= 4 is 10.1 Å². The van der Waals surface area contributed by atoms with E-state index in [9.17, 15) is 13.0 Å². The van der Waals surface area contributed by atoms with Gasteiger partial charge in [-0.1, -0.05) is 103 Å². The smallest absolute Gasteiger partial charge is 0.267 e. The Balaban J connectivity index is 3.58. The first-order valence-electron chi connectivity index (χ1n) is 11.1. The van der Waals surface area contributed by atoms with E-state index < -0.39 is 15.4 Å². The molecule has 0 bridgehead atoms. The van der Waals surface area contributed by atoms with E-state index in [1.807, 2.05) is 0 Å². The van der Waals surface area contributed by atoms with Crippen LogP contribution in [0.5, 0.6) is 0 Å². The molecule has 0 saturated heterocycles. The van der Waals surface area contributed by atoms with Crippen molar-refractivity contribution in [2.45, 2.75) is 128 Å². The van der Waals surface area contributed by atoms with Crippen LogP contribution in [0, 0.1) is 0 Å². The van der Waals surface area contributed by atoms with E-state index in [4.69, 9.17) is 5.11 Å². The number of unbranched alkanes of at least 4 members (excludes halogenated alkanes) is 14. The Morgan fingerprint density at radius 3 is 1.31 bits per heavy atom. The van der Waals surface area contributed by atoms with Crippen molar-refractivity contribution in [3.8, 4) is 0 Å². The lowest BCUT2D eigenvalue weighted by Crippen LogP contribution is -2.20. The third-order valence-electron chi connectivity index (χ3n) is 5.24. The van der Waals surface area contributed by atoms with Gasteiger partial charge in [0, 0.05) is 6.61 Å². The van der Waals surface area contributed by atoms with E-state index in [1.165, 1.54) is 64.2 Å². The molecule has 0 spiro atoms. The summed E-state index contributed by atoms with van der Waals surface area (Å²) in [4.78, 5) is 0. The molecule has 1 atom stereocenters. The zero-order chi connectivity index (χ0) is 19.5. The molecule has 26 heavy (non-hydrogen) atoms. The van der Waals surface area contributed by atoms with Crippen LogP contribution in [0.25, 0.3) is 0 Å². The highest BCUT2D eigenvalue weighted by Crippen LogP contribution is 2.19. The minimum Gasteiger partial charge on any atom is -0.396 e. The third-order valence-corrected chi connectivity index (χ3v) is 6.55. The first-order chi connectivity index (χ1) is 12.5. The van der Waals surface area contributed by atoms with E-state index >= 15 is 0 Å². The molecule has 4 nitrogen and oxygen atoms in total. The van der Waals surface area contributed by atoms with Gasteiger partial charge in [0.1, 0.15) is 0 Å². The molecule has 158 valence electrons. The molecule has 0 heterocycles. The fourth-order valence-electron chi connectivity index (χ4n) is 3.49. The van der Waals surface area contributed by atoms with Crippen LogP contribution < -0.4 is 0 Å². The molecule has 0 aliphatic carbocycles. The van der Waals surface area contributed by atoms with Crippen molar-refractivity contribution in [1.29, 1.82) is 0 Å². The maximum Gasteiger partial charge on any atom is 0.267 e. The fraction of sp³-hybridized carbons (Fsp3) is 1.00. The molecule has 5 heteroatoms. The van der Waals surface area contributed by atoms with Gasteiger partial charge in [-0.05, 0) is 19.3 Å². The molecular weight excluding hydrogens is 348 g/mol. The van der Waals surface area contributed by atoms with E-state index in [0.717, 1.165) is 38.5 Å². The van der Waals surface area contributed by atoms with Crippen LogP contribution in [0.4, 0.5) is 0 Å². The molecule has 1 unspecified atom stereocenters. The molecule has 0 amide bonds. The summed E-state index contributed by atoms with van der Waals surface area (Å²) in [7, 11) is -3.92. The van der Waals surface area contributed by atoms with E-state index in [1.54, 1.807) is 0 Å². The lowest BCUT2D eigenvalue weighted by molar-refractivity contribution is 0.282. The molecule has 0 aromatic heterocycles. The summed E-state index contributed by atoms with van der Waals surface area (Å²) in [6.45, 7) is 2.44. The molecule has 0 rings (SSSR count). The average molecular weight is 393 g/mol. The second-order valence-corrected chi connectivity index (χ2v) is 9.44. The largest absolute Gasteiger partial charge is 0.396 e. The minimum atomic E-state index is -3.92. The predicted octanol–water partition coefficient (Wildman–Crippen LogP) is 6.28. The van der Waals surface area contributed by atoms with E-state index in [2.05, 4.69) is 6.92 Å². The zero-order valence-corrected chi connectivity index (χ0v) is 17.9. The molecule has 2 N–H and O–H groups in total. The molecule has 0 radical (unpaired) electrons. The van der Waals surface area contributed by atoms with Crippen LogP contribution >= 0.6 is 0 Å². The fourth-order valence-corrected chi connectivity index (χ4v) is 4.42. The molecule has 0 aliphatic heterocycles. The van der Waals surface area contributed by atoms with Gasteiger partial charge in [0.15, 0.2) is 0 Å². The Kier molecular flexibility index (Phi) is 18.2. The monoisotopic (exact) mass is 392 g/mol. The van der Waals surface area contributed by atoms with Crippen LogP contribution in [-0.4, -0.2) is 29.9 Å². The van der Waals surface area contributed by atoms with E-state index in [0.29, 0.717) is 12.8 Å². The van der Waals surface area contributed by atoms with Crippen molar-refractivity contribution in [3.05, 3.63) is 0 Å². The van der Waals surface area contributed by atoms with Gasteiger partial charge in [-0.3, -0.25) is 4.55 Å². The Hall–Kier alpha value is -0.130. The Morgan fingerprint density at radius 2 is 0.962 bits per heavy atom. The maximum absolute atomic E-state index is 11.5. The van der Waals surface area contributed by atoms with Gasteiger partial charge in [0.2, 0.25) is 0 Å². The van der Waals surface area contributed by atoms with Crippen LogP contribution in [-0.2, 0) is 10.1 Å². The standard InChI is InChI=1S/C21H44O4S/c1-2-3-4-5-6-7-8-9-10-11-12-15-18-21(26(23,24)25)19-16-13-14-17-20-22/h21-22H,2-20H2,1H3,(H,23,24,25). The third kappa shape index (κ3) is 17.3. The number of aliphatic hydroxyl groups excluding tert-OH is 1. The quantitative estimate of drug-likeness (QED) is 0.189. The Bertz CT molecular complexity index is 381. The summed E-state index contributed by atoms with van der Waals surface area (Å²) < 4.78 is 32.4. The lowest BCUT2D eigenvalue weighted by atomic mass is 10.0. The first kappa shape index (κ1) is 25.9. The Morgan fingerprint density at radius 1 is 0.615 bits per heavy atom. The molecule has 0 aromatic rings. The van der Waals surface area contributed by atoms with Crippen LogP contribution in [0.15, 0.2) is 0 Å². The molecule has 0 aromatic carbocycles. The number of rotatable bonds is 20. The van der Waals surface area contributed by atoms with Crippen molar-refractivity contribution < 1.29 is 18.1 Å². The van der Waals surface area contributed by atoms with Gasteiger partial charge in [-0.25, -0.2) is 0 Å². The molecule has 0 saturated carbocycles. The first-order valence-corrected chi connectivity index (χ1v) is 12.6. The highest BCUT2D eigenvalue weighted by Gasteiger charge is 2.21. The van der Waals surface area contributed by atoms with E-state index in [-0.39, 0.29) is 6.61 Å². The van der Waals surface area contributed by atoms with Crippen LogP contribution in [0.2, 0.25) is 0 Å². The van der Waals surface area contributed by atoms with Gasteiger partial charge in [-0.2, -0.15) is 8.42 Å². The normalized spacial score (nSPS) is 13.2. The summed E-state index contributed by atoms with van der Waals surface area (Å²) in [6, 6.07) is 0. The number of aliphatic hydroxyl groups is 1. The van der Waals surface area contributed by atoms with Gasteiger partial charge in [0.25, 0.3) is 10.1 Å². The topological polar surface area (TPSA) is 74.6 Å². The number of hydrogen-bond acceptors (Lipinski definition) is 3. The SMILES string of the molecule is CCCCCCCCCCCCCCC(CCCCCCO)S(=O)(=O)O. The summed E-state index contributed by atoms with van der Waals surface area (Å²) in [6.07, 6.45) is 19.7. The molecule has 0 fully saturated rings. The van der Waals surface area contributed by atoms with Crippen molar-refractivity contribution in [2.75, 3.05) is 6.61 Å². The van der Waals surface area contributed by atoms with Gasteiger partial charge in [-0.15, -0.1) is 0 Å². The number of hydrogen-bond donors (Lipinski definition) is 2. The second kappa shape index (κ2) is 18.2. The van der Waals surface area contributed by atoms with Gasteiger partial charge in [0.05, 0.1) is 5.25 Å². The van der Waals surface area contributed by atoms with Crippen molar-refractivity contribution in [3.63, 3.8) is 0 Å². The minimum absolute atomic E-state index is 0.195. The van der Waals surface area contributed by atoms with Crippen LogP contribution in [0.1, 0.15) is 122 Å². The molecular formula is C21H44O4S. The van der Waals surface area contributed by atoms with Crippen LogP contribution in [0.3, 0.4) is 0 Å². The second-order valence-electron chi connectivity index (χ2n) is 7.74. The average Bonchev–Trinajstić information content (AvgIpc) is 2.59. The summed E-state index contributed by atoms with van der Waals surface area (Å²) in [5, 5.41) is 8.15. The van der Waals surface area contributed by atoms with Crippen molar-refractivity contribution in [2.24, 2.45) is 0 Å². The van der Waals surface area contributed by atoms with Gasteiger partial charge < -0.3 is 5.11 Å². The Labute approximate surface area is 162 Å². The van der Waals surface area contributed by atoms with Crippen molar-refractivity contribution in [1.82, 2.24) is 0 Å². The summed E-state index contributed by atoms with van der Waals surface area (Å²) in [5.74, 6) is 0. The predicted molar refractivity (Wildman–Crippen MR) is 111 cm³/mol. The lowest BCUT2D eigenvalue weighted by Gasteiger charge is -2.13. The highest BCUT2D eigenvalue weighted by molar-refractivity contribution is 7.86. The summed E-state index contributed by atoms with van der Waals surface area (Å²) >= 11 is 0.